The summed E-state index contributed by atoms with van der Waals surface area (Å²) in [5.41, 5.74) is 6.81. The zero-order valence-corrected chi connectivity index (χ0v) is 20.9. The predicted octanol–water partition coefficient (Wildman–Crippen LogP) is 7.92. The lowest BCUT2D eigenvalue weighted by molar-refractivity contribution is -0.116. The highest BCUT2D eigenvalue weighted by Gasteiger charge is 2.17. The number of carbonyl (C=O) groups is 1. The molecule has 0 radical (unpaired) electrons. The third-order valence-corrected chi connectivity index (χ3v) is 7.39. The van der Waals surface area contributed by atoms with Crippen LogP contribution in [0.25, 0.3) is 17.0 Å². The van der Waals surface area contributed by atoms with Gasteiger partial charge >= 0.3 is 0 Å². The Kier molecular flexibility index (Phi) is 7.37. The van der Waals surface area contributed by atoms with E-state index in [4.69, 9.17) is 0 Å². The van der Waals surface area contributed by atoms with E-state index in [1.807, 2.05) is 0 Å². The van der Waals surface area contributed by atoms with E-state index in [1.165, 1.54) is 54.3 Å². The molecule has 0 unspecified atom stereocenters. The van der Waals surface area contributed by atoms with E-state index in [0.717, 1.165) is 48.8 Å². The number of carbonyl (C=O) groups excluding carboxylic acids is 1. The number of aryl methyl sites for hydroxylation is 1. The molecule has 1 saturated carbocycles. The molecule has 0 atom stereocenters. The van der Waals surface area contributed by atoms with E-state index in [9.17, 15) is 4.79 Å². The Morgan fingerprint density at radius 3 is 2.80 bits per heavy atom. The Morgan fingerprint density at radius 2 is 1.94 bits per heavy atom. The van der Waals surface area contributed by atoms with Gasteiger partial charge in [-0.2, -0.15) is 0 Å². The first-order chi connectivity index (χ1) is 17.2. The number of aromatic nitrogens is 1. The number of hydrogen-bond acceptors (Lipinski definition) is 2. The maximum atomic E-state index is 11.9. The fourth-order valence-corrected chi connectivity index (χ4v) is 5.45. The molecule has 3 aromatic rings. The second kappa shape index (κ2) is 11.0. The largest absolute Gasteiger partial charge is 0.356 e. The summed E-state index contributed by atoms with van der Waals surface area (Å²) in [6.45, 7) is 3.30. The molecule has 5 rings (SSSR count). The molecule has 1 aromatic heterocycles. The van der Waals surface area contributed by atoms with Crippen LogP contribution in [0.3, 0.4) is 0 Å². The zero-order valence-electron chi connectivity index (χ0n) is 20.9. The fourth-order valence-electron chi connectivity index (χ4n) is 5.45. The third-order valence-electron chi connectivity index (χ3n) is 7.39. The van der Waals surface area contributed by atoms with Gasteiger partial charge in [0.1, 0.15) is 0 Å². The minimum Gasteiger partial charge on any atom is -0.356 e. The van der Waals surface area contributed by atoms with Gasteiger partial charge in [-0.25, -0.2) is 0 Å². The average Bonchev–Trinajstić information content (AvgIpc) is 3.23. The van der Waals surface area contributed by atoms with Gasteiger partial charge in [-0.1, -0.05) is 62.9 Å². The van der Waals surface area contributed by atoms with Gasteiger partial charge in [0.05, 0.1) is 0 Å². The van der Waals surface area contributed by atoms with Gasteiger partial charge in [0.25, 0.3) is 0 Å². The van der Waals surface area contributed by atoms with Crippen LogP contribution in [-0.2, 0) is 17.8 Å². The molecular formula is C31H37N3O. The lowest BCUT2D eigenvalue weighted by atomic mass is 9.89. The Labute approximate surface area is 209 Å². The van der Waals surface area contributed by atoms with Crippen LogP contribution in [0.2, 0.25) is 0 Å². The van der Waals surface area contributed by atoms with E-state index < -0.39 is 0 Å². The summed E-state index contributed by atoms with van der Waals surface area (Å²) in [4.78, 5) is 11.9. The van der Waals surface area contributed by atoms with Gasteiger partial charge in [0, 0.05) is 46.6 Å². The summed E-state index contributed by atoms with van der Waals surface area (Å²) >= 11 is 0. The first-order valence-electron chi connectivity index (χ1n) is 13.4. The second-order valence-electron chi connectivity index (χ2n) is 10.1. The van der Waals surface area contributed by atoms with Crippen molar-refractivity contribution in [2.45, 2.75) is 71.3 Å². The smallest absolute Gasteiger partial charge is 0.224 e. The number of anilines is 2. The molecule has 2 heterocycles. The Hall–Kier alpha value is -3.27. The van der Waals surface area contributed by atoms with Crippen LogP contribution in [0.4, 0.5) is 11.4 Å². The van der Waals surface area contributed by atoms with Crippen LogP contribution in [0.15, 0.2) is 66.4 Å². The summed E-state index contributed by atoms with van der Waals surface area (Å²) in [7, 11) is 0. The molecule has 1 aliphatic heterocycles. The number of benzene rings is 2. The minimum absolute atomic E-state index is 0.0992. The quantitative estimate of drug-likeness (QED) is 0.331. The van der Waals surface area contributed by atoms with Crippen LogP contribution in [0, 0.1) is 5.92 Å². The maximum absolute atomic E-state index is 11.9. The van der Waals surface area contributed by atoms with Gasteiger partial charge < -0.3 is 15.2 Å². The molecule has 4 heteroatoms. The topological polar surface area (TPSA) is 46.1 Å². The Balaban J connectivity index is 1.41. The van der Waals surface area contributed by atoms with Gasteiger partial charge in [0.2, 0.25) is 5.91 Å². The predicted molar refractivity (Wildman–Crippen MR) is 148 cm³/mol. The number of allylic oxidation sites excluding steroid dienone is 2. The average molecular weight is 468 g/mol. The lowest BCUT2D eigenvalue weighted by Gasteiger charge is -2.23. The van der Waals surface area contributed by atoms with Crippen molar-refractivity contribution >= 4 is 34.3 Å². The highest BCUT2D eigenvalue weighted by Crippen LogP contribution is 2.30. The number of nitrogens with zero attached hydrogens (tertiary/aromatic N) is 1. The van der Waals surface area contributed by atoms with Crippen molar-refractivity contribution in [3.8, 4) is 0 Å². The molecule has 4 nitrogen and oxygen atoms in total. The van der Waals surface area contributed by atoms with Crippen molar-refractivity contribution in [1.82, 2.24) is 4.57 Å². The molecule has 0 bridgehead atoms. The summed E-state index contributed by atoms with van der Waals surface area (Å²) in [5, 5.41) is 7.92. The number of rotatable bonds is 8. The molecule has 1 aliphatic carbocycles. The number of fused-ring (bicyclic) bond motifs is 2. The van der Waals surface area contributed by atoms with Crippen molar-refractivity contribution in [3.05, 3.63) is 77.6 Å². The molecule has 2 aliphatic rings. The second-order valence-corrected chi connectivity index (χ2v) is 10.1. The monoisotopic (exact) mass is 467 g/mol. The molecule has 0 saturated heterocycles. The van der Waals surface area contributed by atoms with Gasteiger partial charge in [-0.05, 0) is 73.6 Å². The van der Waals surface area contributed by atoms with E-state index in [0.29, 0.717) is 6.42 Å². The van der Waals surface area contributed by atoms with E-state index in [2.05, 4.69) is 88.9 Å². The summed E-state index contributed by atoms with van der Waals surface area (Å²) in [6.07, 6.45) is 17.0. The minimum atomic E-state index is 0.0992. The van der Waals surface area contributed by atoms with Crippen molar-refractivity contribution in [2.75, 3.05) is 10.6 Å². The summed E-state index contributed by atoms with van der Waals surface area (Å²) in [6, 6.07) is 17.4. The number of amides is 1. The Morgan fingerprint density at radius 1 is 1.09 bits per heavy atom. The number of para-hydroxylation sites is 1. The van der Waals surface area contributed by atoms with Crippen LogP contribution < -0.4 is 10.6 Å². The van der Waals surface area contributed by atoms with E-state index in [1.54, 1.807) is 0 Å². The number of hydrogen-bond donors (Lipinski definition) is 2. The van der Waals surface area contributed by atoms with Crippen LogP contribution in [0.1, 0.15) is 69.5 Å². The van der Waals surface area contributed by atoms with Gasteiger partial charge in [-0.15, -0.1) is 0 Å². The molecule has 182 valence electrons. The summed E-state index contributed by atoms with van der Waals surface area (Å²) in [5.74, 6) is 0.868. The molecule has 2 N–H and O–H groups in total. The van der Waals surface area contributed by atoms with Gasteiger partial charge in [-0.3, -0.25) is 4.79 Å². The SMILES string of the molecule is CCC/C=C(/C=C/c1cc2ccccc2n1CC1CCCCC1)Nc1ccc2c(c1)NC(=O)CC2. The molecule has 2 aromatic carbocycles. The fraction of sp³-hybridized carbons (Fsp3) is 0.387. The molecule has 35 heavy (non-hydrogen) atoms. The normalized spacial score (nSPS) is 17.1. The lowest BCUT2D eigenvalue weighted by Crippen LogP contribution is -2.19. The highest BCUT2D eigenvalue weighted by atomic mass is 16.1. The van der Waals surface area contributed by atoms with E-state index >= 15 is 0 Å². The maximum Gasteiger partial charge on any atom is 0.224 e. The standard InChI is InChI=1S/C31H37N3O/c1-2-3-12-26(32-27-16-14-24-15-19-31(35)33-29(24)21-27)17-18-28-20-25-11-7-8-13-30(25)34(28)22-23-9-5-4-6-10-23/h7-8,11-14,16-18,20-21,23,32H,2-6,9-10,15,19,22H2,1H3,(H,33,35)/b18-17+,26-12-. The van der Waals surface area contributed by atoms with E-state index in [-0.39, 0.29) is 5.91 Å². The first-order valence-corrected chi connectivity index (χ1v) is 13.4. The number of unbranched alkanes of at least 4 members (excludes halogenated alkanes) is 1. The number of nitrogens with one attached hydrogen (secondary N) is 2. The molecule has 0 spiro atoms. The first kappa shape index (κ1) is 23.5. The molecule has 1 fully saturated rings. The molecular weight excluding hydrogens is 430 g/mol. The molecule has 1 amide bonds. The van der Waals surface area contributed by atoms with Crippen LogP contribution in [0.5, 0.6) is 0 Å². The van der Waals surface area contributed by atoms with Crippen molar-refractivity contribution in [2.24, 2.45) is 5.92 Å². The zero-order chi connectivity index (χ0) is 24.0. The Bertz CT molecular complexity index is 1240. The van der Waals surface area contributed by atoms with Gasteiger partial charge in [0.15, 0.2) is 0 Å². The highest BCUT2D eigenvalue weighted by molar-refractivity contribution is 5.94. The summed E-state index contributed by atoms with van der Waals surface area (Å²) < 4.78 is 2.52. The van der Waals surface area contributed by atoms with Crippen molar-refractivity contribution in [3.63, 3.8) is 0 Å². The van der Waals surface area contributed by atoms with Crippen molar-refractivity contribution < 1.29 is 4.79 Å². The van der Waals surface area contributed by atoms with Crippen molar-refractivity contribution in [1.29, 1.82) is 0 Å². The van der Waals surface area contributed by atoms with Crippen LogP contribution in [-0.4, -0.2) is 10.5 Å². The van der Waals surface area contributed by atoms with Crippen LogP contribution >= 0.6 is 0 Å². The third kappa shape index (κ3) is 5.70.